The molecule has 0 amide bonds. The minimum atomic E-state index is -4.38. The first-order chi connectivity index (χ1) is 27.3. The van der Waals surface area contributed by atoms with Gasteiger partial charge in [0, 0.05) is 19.4 Å². The van der Waals surface area contributed by atoms with Crippen LogP contribution in [0.4, 0.5) is 0 Å². The lowest BCUT2D eigenvalue weighted by Gasteiger charge is -2.20. The molecule has 0 aromatic carbocycles. The van der Waals surface area contributed by atoms with Crippen LogP contribution in [0.1, 0.15) is 129 Å². The Hall–Kier alpha value is -3.33. The highest BCUT2D eigenvalue weighted by molar-refractivity contribution is 7.47. The van der Waals surface area contributed by atoms with E-state index in [-0.39, 0.29) is 26.1 Å². The molecule has 316 valence electrons. The molecule has 0 aromatic heterocycles. The number of likely N-dealkylation sites (N-methyl/N-ethyl adjacent to an activating group) is 1. The molecule has 0 saturated heterocycles. The summed E-state index contributed by atoms with van der Waals surface area (Å²) in [6.45, 7) is 3.91. The molecule has 0 heterocycles. The van der Waals surface area contributed by atoms with Gasteiger partial charge >= 0.3 is 19.8 Å². The Morgan fingerprint density at radius 3 is 1.45 bits per heavy atom. The van der Waals surface area contributed by atoms with Crippen LogP contribution in [0.3, 0.4) is 0 Å². The number of nitrogens with one attached hydrogen (secondary N) is 1. The van der Waals surface area contributed by atoms with Crippen molar-refractivity contribution in [1.29, 1.82) is 0 Å². The summed E-state index contributed by atoms with van der Waals surface area (Å²) in [6.07, 6.45) is 52.9. The molecule has 0 bridgehead atoms. The maximum atomic E-state index is 12.6. The quantitative estimate of drug-likeness (QED) is 0.0274. The van der Waals surface area contributed by atoms with Gasteiger partial charge in [-0.15, -0.1) is 0 Å². The monoisotopic (exact) mass is 800 g/mol. The number of allylic oxidation sites excluding steroid dienone is 18. The third-order valence-corrected chi connectivity index (χ3v) is 8.86. The topological polar surface area (TPSA) is 120 Å². The van der Waals surface area contributed by atoms with E-state index in [0.29, 0.717) is 25.8 Å². The van der Waals surface area contributed by atoms with Crippen LogP contribution >= 0.6 is 7.82 Å². The van der Waals surface area contributed by atoms with Crippen molar-refractivity contribution < 1.29 is 37.6 Å². The summed E-state index contributed by atoms with van der Waals surface area (Å²) in [5.74, 6) is -0.954. The van der Waals surface area contributed by atoms with Crippen LogP contribution in [0.5, 0.6) is 0 Å². The standard InChI is InChI=1S/C46H74NO8P/c1-4-6-8-10-12-14-16-18-20-22-24-26-28-30-32-34-36-38-45(48)52-42-44(43-54-56(50,51)53-41-40-47-3)55-46(49)39-37-35-33-31-29-27-25-23-21-19-17-15-13-11-9-7-5-2/h7,9,12-15,18-21,24-27,30-33,44,47H,4-6,8,10-11,16-17,22-23,28-29,34-43H2,1-3H3,(H,50,51)/b9-7-,14-12-,15-13-,20-18-,21-19-,26-24-,27-25-,32-30-,33-31-. The molecule has 0 fully saturated rings. The van der Waals surface area contributed by atoms with Crippen molar-refractivity contribution in [3.8, 4) is 0 Å². The number of hydrogen-bond donors (Lipinski definition) is 2. The fraction of sp³-hybridized carbons (Fsp3) is 0.565. The number of phosphoric ester groups is 1. The number of carbonyl (C=O) groups is 2. The van der Waals surface area contributed by atoms with Crippen LogP contribution < -0.4 is 5.32 Å². The number of carbonyl (C=O) groups excluding carboxylic acids is 2. The van der Waals surface area contributed by atoms with E-state index in [9.17, 15) is 19.0 Å². The van der Waals surface area contributed by atoms with Gasteiger partial charge in [-0.05, 0) is 96.9 Å². The zero-order chi connectivity index (χ0) is 41.1. The van der Waals surface area contributed by atoms with E-state index in [1.54, 1.807) is 7.05 Å². The van der Waals surface area contributed by atoms with Crippen LogP contribution in [0.25, 0.3) is 0 Å². The molecule has 0 spiro atoms. The smallest absolute Gasteiger partial charge is 0.462 e. The highest BCUT2D eigenvalue weighted by Gasteiger charge is 2.26. The third kappa shape index (κ3) is 40.3. The summed E-state index contributed by atoms with van der Waals surface area (Å²) in [5, 5.41) is 2.81. The number of hydrogen-bond acceptors (Lipinski definition) is 8. The predicted molar refractivity (Wildman–Crippen MR) is 233 cm³/mol. The summed E-state index contributed by atoms with van der Waals surface area (Å²) >= 11 is 0. The highest BCUT2D eigenvalue weighted by atomic mass is 31.2. The number of rotatable bonds is 37. The zero-order valence-corrected chi connectivity index (χ0v) is 35.7. The van der Waals surface area contributed by atoms with Crippen molar-refractivity contribution in [1.82, 2.24) is 5.32 Å². The third-order valence-electron chi connectivity index (χ3n) is 7.88. The van der Waals surface area contributed by atoms with Gasteiger partial charge < -0.3 is 19.7 Å². The Kier molecular flexibility index (Phi) is 38.9. The molecule has 2 N–H and O–H groups in total. The number of esters is 2. The molecule has 56 heavy (non-hydrogen) atoms. The molecule has 9 nitrogen and oxygen atoms in total. The summed E-state index contributed by atoms with van der Waals surface area (Å²) in [7, 11) is -2.70. The predicted octanol–water partition coefficient (Wildman–Crippen LogP) is 11.9. The van der Waals surface area contributed by atoms with Gasteiger partial charge in [-0.1, -0.05) is 136 Å². The molecule has 10 heteroatoms. The summed E-state index contributed by atoms with van der Waals surface area (Å²) in [5.41, 5.74) is 0. The maximum Gasteiger partial charge on any atom is 0.472 e. The first-order valence-electron chi connectivity index (χ1n) is 20.8. The summed E-state index contributed by atoms with van der Waals surface area (Å²) in [6, 6.07) is 0. The first-order valence-corrected chi connectivity index (χ1v) is 22.3. The lowest BCUT2D eigenvalue weighted by molar-refractivity contribution is -0.161. The average molecular weight is 800 g/mol. The molecule has 0 aliphatic rings. The normalized spacial score (nSPS) is 14.4. The van der Waals surface area contributed by atoms with Crippen molar-refractivity contribution in [3.05, 3.63) is 109 Å². The second kappa shape index (κ2) is 41.3. The van der Waals surface area contributed by atoms with E-state index in [4.69, 9.17) is 18.5 Å². The van der Waals surface area contributed by atoms with Crippen LogP contribution in [0.15, 0.2) is 109 Å². The van der Waals surface area contributed by atoms with Crippen molar-refractivity contribution >= 4 is 19.8 Å². The molecule has 0 rings (SSSR count). The Morgan fingerprint density at radius 1 is 0.571 bits per heavy atom. The van der Waals surface area contributed by atoms with Gasteiger partial charge in [0.2, 0.25) is 0 Å². The van der Waals surface area contributed by atoms with Gasteiger partial charge in [0.15, 0.2) is 6.10 Å². The van der Waals surface area contributed by atoms with Crippen LogP contribution in [-0.4, -0.2) is 56.3 Å². The van der Waals surface area contributed by atoms with Gasteiger partial charge in [0.1, 0.15) is 6.61 Å². The molecule has 0 saturated carbocycles. The second-order valence-electron chi connectivity index (χ2n) is 13.1. The second-order valence-corrected chi connectivity index (χ2v) is 14.5. The molecule has 0 aliphatic carbocycles. The van der Waals surface area contributed by atoms with Crippen molar-refractivity contribution in [3.63, 3.8) is 0 Å². The highest BCUT2D eigenvalue weighted by Crippen LogP contribution is 2.43. The summed E-state index contributed by atoms with van der Waals surface area (Å²) in [4.78, 5) is 35.0. The Labute approximate surface area is 340 Å². The van der Waals surface area contributed by atoms with Gasteiger partial charge in [-0.25, -0.2) is 4.57 Å². The van der Waals surface area contributed by atoms with E-state index in [1.165, 1.54) is 25.7 Å². The number of ether oxygens (including phenoxy) is 2. The maximum absolute atomic E-state index is 12.6. The Bertz CT molecular complexity index is 1280. The van der Waals surface area contributed by atoms with Gasteiger partial charge in [-0.3, -0.25) is 18.6 Å². The van der Waals surface area contributed by atoms with E-state index < -0.39 is 32.5 Å². The van der Waals surface area contributed by atoms with Crippen LogP contribution in [0.2, 0.25) is 0 Å². The van der Waals surface area contributed by atoms with E-state index >= 15 is 0 Å². The van der Waals surface area contributed by atoms with Gasteiger partial charge in [0.05, 0.1) is 13.2 Å². The Morgan fingerprint density at radius 2 is 1.00 bits per heavy atom. The number of unbranched alkanes of at least 4 members (excludes halogenated alkanes) is 5. The van der Waals surface area contributed by atoms with Crippen molar-refractivity contribution in [2.75, 3.05) is 33.4 Å². The lowest BCUT2D eigenvalue weighted by Crippen LogP contribution is -2.29. The Balaban J connectivity index is 4.47. The molecule has 0 aliphatic heterocycles. The molecule has 0 radical (unpaired) electrons. The number of phosphoric acid groups is 1. The zero-order valence-electron chi connectivity index (χ0n) is 34.8. The van der Waals surface area contributed by atoms with Crippen molar-refractivity contribution in [2.45, 2.75) is 136 Å². The fourth-order valence-electron chi connectivity index (χ4n) is 4.75. The SMILES string of the molecule is CC/C=C\C/C=C\C/C=C\C/C=C\C/C=C\CCCC(=O)OC(COC(=O)CCC/C=C\C/C=C\C/C=C\C/C=C\CCCCC)COP(=O)(O)OCCNC. The molecular weight excluding hydrogens is 725 g/mol. The van der Waals surface area contributed by atoms with Gasteiger partial charge in [0.25, 0.3) is 0 Å². The van der Waals surface area contributed by atoms with Crippen LogP contribution in [-0.2, 0) is 32.7 Å². The largest absolute Gasteiger partial charge is 0.472 e. The van der Waals surface area contributed by atoms with E-state index in [1.807, 2.05) is 12.2 Å². The van der Waals surface area contributed by atoms with Crippen molar-refractivity contribution in [2.24, 2.45) is 0 Å². The molecule has 2 atom stereocenters. The van der Waals surface area contributed by atoms with Crippen LogP contribution in [0, 0.1) is 0 Å². The molecule has 2 unspecified atom stereocenters. The first kappa shape index (κ1) is 52.7. The van der Waals surface area contributed by atoms with Gasteiger partial charge in [-0.2, -0.15) is 0 Å². The molecule has 0 aromatic rings. The lowest BCUT2D eigenvalue weighted by atomic mass is 10.2. The molecular formula is C46H74NO8P. The average Bonchev–Trinajstić information content (AvgIpc) is 3.18. The van der Waals surface area contributed by atoms with E-state index in [0.717, 1.165) is 57.8 Å². The minimum absolute atomic E-state index is 0.0427. The fourth-order valence-corrected chi connectivity index (χ4v) is 5.51. The minimum Gasteiger partial charge on any atom is -0.462 e. The van der Waals surface area contributed by atoms with E-state index in [2.05, 4.69) is 116 Å². The summed E-state index contributed by atoms with van der Waals surface area (Å²) < 4.78 is 33.0.